The Balaban J connectivity index is 1.76. The summed E-state index contributed by atoms with van der Waals surface area (Å²) in [5, 5.41) is 11.3. The second kappa shape index (κ2) is 7.48. The Bertz CT molecular complexity index is 596. The third-order valence-electron chi connectivity index (χ3n) is 4.54. The van der Waals surface area contributed by atoms with Crippen LogP contribution in [0.5, 0.6) is 0 Å². The number of piperidine rings is 1. The van der Waals surface area contributed by atoms with Crippen molar-refractivity contribution >= 4 is 23.9 Å². The molecule has 8 heteroatoms. The molecule has 0 bridgehead atoms. The third kappa shape index (κ3) is 3.59. The lowest BCUT2D eigenvalue weighted by Crippen LogP contribution is -2.44. The van der Waals surface area contributed by atoms with Crippen LogP contribution < -0.4 is 15.1 Å². The fraction of sp³-hybridized carbons (Fsp3) is 0.562. The molecule has 0 saturated carbocycles. The number of rotatable bonds is 4. The largest absolute Gasteiger partial charge is 0.465 e. The smallest absolute Gasteiger partial charge is 0.404 e. The number of pyridine rings is 1. The Morgan fingerprint density at radius 2 is 1.96 bits per heavy atom. The summed E-state index contributed by atoms with van der Waals surface area (Å²) in [6.45, 7) is 4.13. The van der Waals surface area contributed by atoms with E-state index in [2.05, 4.69) is 20.1 Å². The van der Waals surface area contributed by atoms with Crippen LogP contribution in [0, 0.1) is 0 Å². The van der Waals surface area contributed by atoms with Gasteiger partial charge < -0.3 is 25.0 Å². The van der Waals surface area contributed by atoms with Crippen molar-refractivity contribution in [1.82, 2.24) is 10.3 Å². The van der Waals surface area contributed by atoms with Crippen LogP contribution in [0.25, 0.3) is 0 Å². The molecule has 3 rings (SSSR count). The Labute approximate surface area is 140 Å². The molecule has 2 aliphatic rings. The van der Waals surface area contributed by atoms with E-state index in [0.29, 0.717) is 37.7 Å². The van der Waals surface area contributed by atoms with Crippen LogP contribution in [0.2, 0.25) is 0 Å². The van der Waals surface area contributed by atoms with E-state index in [4.69, 9.17) is 9.84 Å². The zero-order valence-electron chi connectivity index (χ0n) is 13.5. The molecule has 0 aliphatic carbocycles. The number of carbonyl (C=O) groups excluding carboxylic acids is 1. The first-order valence-corrected chi connectivity index (χ1v) is 8.20. The van der Waals surface area contributed by atoms with E-state index in [0.717, 1.165) is 37.9 Å². The fourth-order valence-electron chi connectivity index (χ4n) is 3.31. The van der Waals surface area contributed by atoms with Crippen molar-refractivity contribution in [2.75, 3.05) is 49.2 Å². The molecule has 1 amide bonds. The summed E-state index contributed by atoms with van der Waals surface area (Å²) in [5.41, 5.74) is 1.47. The summed E-state index contributed by atoms with van der Waals surface area (Å²) in [6, 6.07) is 1.83. The van der Waals surface area contributed by atoms with Crippen molar-refractivity contribution in [3.63, 3.8) is 0 Å². The van der Waals surface area contributed by atoms with Crippen molar-refractivity contribution in [3.8, 4) is 0 Å². The fourth-order valence-corrected chi connectivity index (χ4v) is 3.31. The third-order valence-corrected chi connectivity index (χ3v) is 4.54. The molecule has 0 radical (unpaired) electrons. The highest BCUT2D eigenvalue weighted by atomic mass is 16.5. The molecule has 3 heterocycles. The number of hydrogen-bond donors (Lipinski definition) is 2. The van der Waals surface area contributed by atoms with Crippen LogP contribution in [-0.4, -0.2) is 67.9 Å². The molecule has 0 aromatic carbocycles. The summed E-state index contributed by atoms with van der Waals surface area (Å²) in [6.07, 6.45) is 3.06. The molecular weight excluding hydrogens is 312 g/mol. The minimum Gasteiger partial charge on any atom is -0.465 e. The summed E-state index contributed by atoms with van der Waals surface area (Å²) >= 11 is 0. The lowest BCUT2D eigenvalue weighted by Gasteiger charge is -2.35. The van der Waals surface area contributed by atoms with Crippen LogP contribution >= 0.6 is 0 Å². The van der Waals surface area contributed by atoms with Gasteiger partial charge in [0, 0.05) is 38.4 Å². The summed E-state index contributed by atoms with van der Waals surface area (Å²) in [5.74, 6) is 0.705. The highest BCUT2D eigenvalue weighted by Crippen LogP contribution is 2.29. The van der Waals surface area contributed by atoms with Gasteiger partial charge in [0.25, 0.3) is 0 Å². The van der Waals surface area contributed by atoms with E-state index in [1.54, 1.807) is 6.20 Å². The van der Waals surface area contributed by atoms with Crippen molar-refractivity contribution in [1.29, 1.82) is 0 Å². The number of ether oxygens (including phenoxy) is 1. The van der Waals surface area contributed by atoms with Gasteiger partial charge in [-0.2, -0.15) is 0 Å². The van der Waals surface area contributed by atoms with Crippen LogP contribution in [0.3, 0.4) is 0 Å². The summed E-state index contributed by atoms with van der Waals surface area (Å²) < 4.78 is 5.36. The molecule has 130 valence electrons. The number of carbonyl (C=O) groups is 2. The SMILES string of the molecule is O=Cc1c(N2CCC(NC(=O)O)CC2)ccnc1N1CCOCC1. The molecule has 0 spiro atoms. The van der Waals surface area contributed by atoms with Crippen LogP contribution in [0.15, 0.2) is 12.3 Å². The minimum atomic E-state index is -0.986. The second-order valence-corrected chi connectivity index (χ2v) is 6.00. The van der Waals surface area contributed by atoms with Gasteiger partial charge in [-0.15, -0.1) is 0 Å². The van der Waals surface area contributed by atoms with Gasteiger partial charge >= 0.3 is 6.09 Å². The van der Waals surface area contributed by atoms with E-state index < -0.39 is 6.09 Å². The van der Waals surface area contributed by atoms with Crippen LogP contribution in [-0.2, 0) is 4.74 Å². The highest BCUT2D eigenvalue weighted by molar-refractivity contribution is 5.91. The molecule has 1 aromatic rings. The zero-order chi connectivity index (χ0) is 16.9. The van der Waals surface area contributed by atoms with E-state index in [-0.39, 0.29) is 6.04 Å². The van der Waals surface area contributed by atoms with E-state index in [9.17, 15) is 9.59 Å². The van der Waals surface area contributed by atoms with E-state index in [1.807, 2.05) is 6.07 Å². The average Bonchev–Trinajstić information content (AvgIpc) is 2.62. The van der Waals surface area contributed by atoms with Gasteiger partial charge in [0.2, 0.25) is 0 Å². The normalized spacial score (nSPS) is 19.2. The molecule has 1 aromatic heterocycles. The number of aromatic nitrogens is 1. The number of aldehydes is 1. The van der Waals surface area contributed by atoms with Gasteiger partial charge in [-0.25, -0.2) is 9.78 Å². The lowest BCUT2D eigenvalue weighted by molar-refractivity contribution is 0.111. The molecule has 8 nitrogen and oxygen atoms in total. The number of carboxylic acid groups (broad SMARTS) is 1. The number of anilines is 2. The molecule has 2 fully saturated rings. The van der Waals surface area contributed by atoms with Crippen molar-refractivity contribution in [2.45, 2.75) is 18.9 Å². The Kier molecular flexibility index (Phi) is 5.14. The van der Waals surface area contributed by atoms with E-state index >= 15 is 0 Å². The maximum Gasteiger partial charge on any atom is 0.404 e. The Morgan fingerprint density at radius 1 is 1.25 bits per heavy atom. The zero-order valence-corrected chi connectivity index (χ0v) is 13.5. The van der Waals surface area contributed by atoms with Gasteiger partial charge in [0.1, 0.15) is 5.82 Å². The molecular formula is C16H22N4O4. The van der Waals surface area contributed by atoms with Gasteiger partial charge in [0.15, 0.2) is 6.29 Å². The quantitative estimate of drug-likeness (QED) is 0.792. The predicted molar refractivity (Wildman–Crippen MR) is 89.1 cm³/mol. The monoisotopic (exact) mass is 334 g/mol. The first kappa shape index (κ1) is 16.5. The number of hydrogen-bond acceptors (Lipinski definition) is 6. The summed E-state index contributed by atoms with van der Waals surface area (Å²) in [7, 11) is 0. The Morgan fingerprint density at radius 3 is 2.58 bits per heavy atom. The predicted octanol–water partition coefficient (Wildman–Crippen LogP) is 0.967. The second-order valence-electron chi connectivity index (χ2n) is 6.00. The number of nitrogens with zero attached hydrogens (tertiary/aromatic N) is 3. The molecule has 2 N–H and O–H groups in total. The van der Waals surface area contributed by atoms with Crippen molar-refractivity contribution < 1.29 is 19.4 Å². The minimum absolute atomic E-state index is 0.0287. The van der Waals surface area contributed by atoms with Crippen molar-refractivity contribution in [2.24, 2.45) is 0 Å². The molecule has 2 saturated heterocycles. The number of nitrogens with one attached hydrogen (secondary N) is 1. The lowest BCUT2D eigenvalue weighted by atomic mass is 10.0. The topological polar surface area (TPSA) is 95.0 Å². The molecule has 0 unspecified atom stereocenters. The molecule has 2 aliphatic heterocycles. The number of morpholine rings is 1. The maximum absolute atomic E-state index is 11.7. The average molecular weight is 334 g/mol. The van der Waals surface area contributed by atoms with Gasteiger partial charge in [0.05, 0.1) is 24.5 Å². The highest BCUT2D eigenvalue weighted by Gasteiger charge is 2.25. The Hall–Kier alpha value is -2.35. The van der Waals surface area contributed by atoms with Crippen molar-refractivity contribution in [3.05, 3.63) is 17.8 Å². The van der Waals surface area contributed by atoms with E-state index in [1.165, 1.54) is 0 Å². The first-order valence-electron chi connectivity index (χ1n) is 8.20. The first-order chi connectivity index (χ1) is 11.7. The van der Waals surface area contributed by atoms with Gasteiger partial charge in [-0.05, 0) is 18.9 Å². The van der Waals surface area contributed by atoms with Gasteiger partial charge in [-0.3, -0.25) is 4.79 Å². The van der Waals surface area contributed by atoms with Crippen LogP contribution in [0.4, 0.5) is 16.3 Å². The maximum atomic E-state index is 11.7. The number of amides is 1. The van der Waals surface area contributed by atoms with Crippen LogP contribution in [0.1, 0.15) is 23.2 Å². The molecule has 0 atom stereocenters. The standard InChI is InChI=1S/C16H22N4O4/c21-11-13-14(19-5-2-12(3-6-19)18-16(22)23)1-4-17-15(13)20-7-9-24-10-8-20/h1,4,11-12,18H,2-3,5-10H2,(H,22,23). The van der Waals surface area contributed by atoms with Gasteiger partial charge in [-0.1, -0.05) is 0 Å². The molecule has 24 heavy (non-hydrogen) atoms. The summed E-state index contributed by atoms with van der Waals surface area (Å²) in [4.78, 5) is 31.1.